The molecule has 0 aliphatic rings. The van der Waals surface area contributed by atoms with Gasteiger partial charge in [0.15, 0.2) is 5.75 Å². The molecule has 0 aromatic heterocycles. The first kappa shape index (κ1) is 17.4. The van der Waals surface area contributed by atoms with E-state index in [1.165, 1.54) is 0 Å². The lowest BCUT2D eigenvalue weighted by Gasteiger charge is -2.10. The molecule has 0 spiro atoms. The summed E-state index contributed by atoms with van der Waals surface area (Å²) in [4.78, 5) is 11.1. The van der Waals surface area contributed by atoms with Gasteiger partial charge in [-0.05, 0) is 38.3 Å². The summed E-state index contributed by atoms with van der Waals surface area (Å²) < 4.78 is 10.4. The van der Waals surface area contributed by atoms with E-state index < -0.39 is 0 Å². The molecule has 0 fully saturated rings. The molecule has 0 aliphatic carbocycles. The third-order valence-corrected chi connectivity index (χ3v) is 3.32. The van der Waals surface area contributed by atoms with Gasteiger partial charge in [0.25, 0.3) is 0 Å². The predicted octanol–water partition coefficient (Wildman–Crippen LogP) is 5.15. The number of halogens is 3. The normalized spacial score (nSPS) is 10.4. The molecule has 0 saturated carbocycles. The summed E-state index contributed by atoms with van der Waals surface area (Å²) >= 11 is 17.8. The van der Waals surface area contributed by atoms with E-state index in [4.69, 9.17) is 44.3 Å². The van der Waals surface area contributed by atoms with E-state index in [0.717, 1.165) is 19.3 Å². The van der Waals surface area contributed by atoms with Crippen LogP contribution in [0.25, 0.3) is 0 Å². The smallest absolute Gasteiger partial charge is 0.305 e. The van der Waals surface area contributed by atoms with Gasteiger partial charge in [-0.2, -0.15) is 0 Å². The summed E-state index contributed by atoms with van der Waals surface area (Å²) in [7, 11) is 0. The molecule has 0 heterocycles. The second kappa shape index (κ2) is 9.32. The van der Waals surface area contributed by atoms with Gasteiger partial charge < -0.3 is 9.47 Å². The predicted molar refractivity (Wildman–Crippen MR) is 82.1 cm³/mol. The van der Waals surface area contributed by atoms with E-state index in [2.05, 4.69) is 0 Å². The first-order chi connectivity index (χ1) is 9.54. The number of ether oxygens (including phenoxy) is 2. The Morgan fingerprint density at radius 1 is 1.10 bits per heavy atom. The molecule has 0 N–H and O–H groups in total. The first-order valence-corrected chi connectivity index (χ1v) is 7.61. The molecule has 0 atom stereocenters. The van der Waals surface area contributed by atoms with Crippen molar-refractivity contribution in [2.24, 2.45) is 0 Å². The van der Waals surface area contributed by atoms with Gasteiger partial charge >= 0.3 is 5.97 Å². The van der Waals surface area contributed by atoms with Crippen LogP contribution in [0.1, 0.15) is 32.6 Å². The molecule has 0 unspecified atom stereocenters. The molecule has 1 rings (SSSR count). The molecular weight excluding hydrogens is 323 g/mol. The van der Waals surface area contributed by atoms with Gasteiger partial charge in [0.1, 0.15) is 0 Å². The maximum absolute atomic E-state index is 11.1. The molecule has 0 radical (unpaired) electrons. The zero-order chi connectivity index (χ0) is 15.0. The van der Waals surface area contributed by atoms with Gasteiger partial charge in [-0.15, -0.1) is 0 Å². The summed E-state index contributed by atoms with van der Waals surface area (Å²) in [5, 5.41) is 1.27. The van der Waals surface area contributed by atoms with E-state index in [0.29, 0.717) is 40.5 Å². The molecule has 112 valence electrons. The van der Waals surface area contributed by atoms with Crippen LogP contribution in [-0.4, -0.2) is 19.2 Å². The van der Waals surface area contributed by atoms with Gasteiger partial charge in [0.2, 0.25) is 0 Å². The maximum Gasteiger partial charge on any atom is 0.305 e. The average Bonchev–Trinajstić information content (AvgIpc) is 2.36. The molecule has 0 aliphatic heterocycles. The molecular formula is C14H17Cl3O3. The summed E-state index contributed by atoms with van der Waals surface area (Å²) in [6.07, 6.45) is 2.91. The lowest BCUT2D eigenvalue weighted by atomic mass is 10.2. The van der Waals surface area contributed by atoms with Crippen LogP contribution in [0, 0.1) is 0 Å². The number of hydrogen-bond donors (Lipinski definition) is 0. The van der Waals surface area contributed by atoms with Gasteiger partial charge in [0.05, 0.1) is 23.3 Å². The van der Waals surface area contributed by atoms with E-state index in [9.17, 15) is 4.79 Å². The van der Waals surface area contributed by atoms with Gasteiger partial charge in [-0.25, -0.2) is 0 Å². The highest BCUT2D eigenvalue weighted by Gasteiger charge is 2.09. The van der Waals surface area contributed by atoms with Crippen LogP contribution in [0.15, 0.2) is 12.1 Å². The summed E-state index contributed by atoms with van der Waals surface area (Å²) in [6.45, 7) is 2.71. The van der Waals surface area contributed by atoms with Crippen molar-refractivity contribution in [1.29, 1.82) is 0 Å². The average molecular weight is 340 g/mol. The number of rotatable bonds is 8. The fraction of sp³-hybridized carbons (Fsp3) is 0.500. The Labute approximate surface area is 134 Å². The largest absolute Gasteiger partial charge is 0.490 e. The van der Waals surface area contributed by atoms with Crippen LogP contribution in [0.5, 0.6) is 5.75 Å². The zero-order valence-electron chi connectivity index (χ0n) is 11.3. The lowest BCUT2D eigenvalue weighted by Crippen LogP contribution is -2.04. The quantitative estimate of drug-likeness (QED) is 0.485. The fourth-order valence-electron chi connectivity index (χ4n) is 1.62. The maximum atomic E-state index is 11.1. The number of hydrogen-bond acceptors (Lipinski definition) is 3. The van der Waals surface area contributed by atoms with Crippen LogP contribution >= 0.6 is 34.8 Å². The molecule has 0 saturated heterocycles. The third-order valence-electron chi connectivity index (χ3n) is 2.54. The number of esters is 1. The van der Waals surface area contributed by atoms with Crippen LogP contribution in [0.3, 0.4) is 0 Å². The Kier molecular flexibility index (Phi) is 8.12. The zero-order valence-corrected chi connectivity index (χ0v) is 13.5. The van der Waals surface area contributed by atoms with Crippen molar-refractivity contribution >= 4 is 40.8 Å². The van der Waals surface area contributed by atoms with Gasteiger partial charge in [-0.1, -0.05) is 34.8 Å². The molecule has 0 bridgehead atoms. The van der Waals surface area contributed by atoms with Crippen LogP contribution in [-0.2, 0) is 9.53 Å². The van der Waals surface area contributed by atoms with Crippen molar-refractivity contribution in [3.63, 3.8) is 0 Å². The van der Waals surface area contributed by atoms with E-state index in [-0.39, 0.29) is 5.97 Å². The Hall–Kier alpha value is -0.640. The van der Waals surface area contributed by atoms with Crippen molar-refractivity contribution in [2.75, 3.05) is 13.2 Å². The van der Waals surface area contributed by atoms with Crippen molar-refractivity contribution in [3.05, 3.63) is 27.2 Å². The molecule has 3 nitrogen and oxygen atoms in total. The standard InChI is InChI=1S/C14H17Cl3O3/c1-2-19-13(18)6-4-3-5-7-20-14-11(16)8-10(15)9-12(14)17/h8-9H,2-7H2,1H3. The molecule has 0 amide bonds. The Bertz CT molecular complexity index is 426. The van der Waals surface area contributed by atoms with Crippen LogP contribution in [0.4, 0.5) is 0 Å². The van der Waals surface area contributed by atoms with Crippen LogP contribution in [0.2, 0.25) is 15.1 Å². The number of unbranched alkanes of at least 4 members (excludes halogenated alkanes) is 2. The third kappa shape index (κ3) is 6.21. The van der Waals surface area contributed by atoms with Crippen molar-refractivity contribution in [2.45, 2.75) is 32.6 Å². The number of carbonyl (C=O) groups excluding carboxylic acids is 1. The highest BCUT2D eigenvalue weighted by molar-refractivity contribution is 6.40. The molecule has 1 aromatic rings. The summed E-state index contributed by atoms with van der Waals surface area (Å²) in [5.41, 5.74) is 0. The SMILES string of the molecule is CCOC(=O)CCCCCOc1c(Cl)cc(Cl)cc1Cl. The topological polar surface area (TPSA) is 35.5 Å². The minimum atomic E-state index is -0.155. The van der Waals surface area contributed by atoms with Crippen molar-refractivity contribution in [3.8, 4) is 5.75 Å². The minimum absolute atomic E-state index is 0.155. The number of benzene rings is 1. The highest BCUT2D eigenvalue weighted by atomic mass is 35.5. The van der Waals surface area contributed by atoms with E-state index in [1.54, 1.807) is 19.1 Å². The Morgan fingerprint density at radius 2 is 1.75 bits per heavy atom. The monoisotopic (exact) mass is 338 g/mol. The Morgan fingerprint density at radius 3 is 2.35 bits per heavy atom. The summed E-state index contributed by atoms with van der Waals surface area (Å²) in [5.74, 6) is 0.292. The van der Waals surface area contributed by atoms with Crippen molar-refractivity contribution in [1.82, 2.24) is 0 Å². The molecule has 20 heavy (non-hydrogen) atoms. The van der Waals surface area contributed by atoms with Crippen molar-refractivity contribution < 1.29 is 14.3 Å². The van der Waals surface area contributed by atoms with E-state index in [1.807, 2.05) is 0 Å². The second-order valence-corrected chi connectivity index (χ2v) is 5.41. The first-order valence-electron chi connectivity index (χ1n) is 6.47. The van der Waals surface area contributed by atoms with E-state index >= 15 is 0 Å². The van der Waals surface area contributed by atoms with Crippen LogP contribution < -0.4 is 4.74 Å². The minimum Gasteiger partial charge on any atom is -0.490 e. The molecule has 6 heteroatoms. The lowest BCUT2D eigenvalue weighted by molar-refractivity contribution is -0.143. The Balaban J connectivity index is 2.23. The summed E-state index contributed by atoms with van der Waals surface area (Å²) in [6, 6.07) is 3.18. The fourth-order valence-corrected chi connectivity index (χ4v) is 2.55. The number of carbonyl (C=O) groups is 1. The van der Waals surface area contributed by atoms with Gasteiger partial charge in [-0.3, -0.25) is 4.79 Å². The van der Waals surface area contributed by atoms with Gasteiger partial charge in [0, 0.05) is 11.4 Å². The highest BCUT2D eigenvalue weighted by Crippen LogP contribution is 2.35. The second-order valence-electron chi connectivity index (χ2n) is 4.16. The molecule has 1 aromatic carbocycles.